The summed E-state index contributed by atoms with van der Waals surface area (Å²) in [7, 11) is -1.29. The van der Waals surface area contributed by atoms with E-state index in [9.17, 15) is 27.3 Å². The molecule has 0 saturated heterocycles. The lowest BCUT2D eigenvalue weighted by atomic mass is 10.1. The highest BCUT2D eigenvalue weighted by molar-refractivity contribution is 7.89. The van der Waals surface area contributed by atoms with E-state index in [1.165, 1.54) is 26.2 Å². The maximum Gasteiger partial charge on any atom is 0.252 e. The van der Waals surface area contributed by atoms with Crippen LogP contribution in [0.1, 0.15) is 22.0 Å². The first-order chi connectivity index (χ1) is 12.6. The van der Waals surface area contributed by atoms with Crippen molar-refractivity contribution in [2.24, 2.45) is 0 Å². The van der Waals surface area contributed by atoms with Crippen molar-refractivity contribution >= 4 is 27.5 Å². The Hall–Kier alpha value is -2.54. The van der Waals surface area contributed by atoms with Crippen molar-refractivity contribution in [2.45, 2.75) is 10.9 Å². The zero-order chi connectivity index (χ0) is 20.4. The minimum absolute atomic E-state index is 0.0818. The van der Waals surface area contributed by atoms with E-state index in [0.717, 1.165) is 22.5 Å². The van der Waals surface area contributed by atoms with E-state index in [0.29, 0.717) is 6.07 Å². The summed E-state index contributed by atoms with van der Waals surface area (Å²) in [5.41, 5.74) is -0.315. The molecule has 27 heavy (non-hydrogen) atoms. The molecule has 1 amide bonds. The van der Waals surface area contributed by atoms with Crippen molar-refractivity contribution in [3.8, 4) is 6.07 Å². The van der Waals surface area contributed by atoms with Crippen LogP contribution in [-0.2, 0) is 10.0 Å². The van der Waals surface area contributed by atoms with Gasteiger partial charge in [-0.1, -0.05) is 17.7 Å². The highest BCUT2D eigenvalue weighted by Crippen LogP contribution is 2.25. The smallest absolute Gasteiger partial charge is 0.252 e. The van der Waals surface area contributed by atoms with E-state index in [2.05, 4.69) is 5.32 Å². The van der Waals surface area contributed by atoms with E-state index in [1.807, 2.05) is 0 Å². The van der Waals surface area contributed by atoms with Crippen LogP contribution in [0.25, 0.3) is 0 Å². The molecule has 2 aromatic rings. The molecule has 0 saturated carbocycles. The molecule has 0 aliphatic rings. The molecule has 0 aliphatic carbocycles. The number of sulfonamides is 1. The zero-order valence-electron chi connectivity index (χ0n) is 14.2. The van der Waals surface area contributed by atoms with Crippen LogP contribution in [0, 0.1) is 23.0 Å². The van der Waals surface area contributed by atoms with Gasteiger partial charge < -0.3 is 5.32 Å². The Balaban J connectivity index is 2.37. The Morgan fingerprint density at radius 2 is 1.89 bits per heavy atom. The summed E-state index contributed by atoms with van der Waals surface area (Å²) in [6.45, 7) is 0. The fraction of sp³-hybridized carbons (Fsp3) is 0.176. The van der Waals surface area contributed by atoms with Gasteiger partial charge in [-0.3, -0.25) is 4.79 Å². The molecule has 1 unspecified atom stereocenters. The van der Waals surface area contributed by atoms with Crippen LogP contribution in [0.5, 0.6) is 0 Å². The summed E-state index contributed by atoms with van der Waals surface area (Å²) in [4.78, 5) is 12.1. The van der Waals surface area contributed by atoms with Gasteiger partial charge >= 0.3 is 0 Å². The number of nitrogens with zero attached hydrogens (tertiary/aromatic N) is 2. The van der Waals surface area contributed by atoms with Crippen molar-refractivity contribution in [3.05, 3.63) is 64.2 Å². The highest BCUT2D eigenvalue weighted by Gasteiger charge is 2.24. The Morgan fingerprint density at radius 1 is 1.22 bits per heavy atom. The van der Waals surface area contributed by atoms with Crippen LogP contribution in [0.2, 0.25) is 5.02 Å². The fourth-order valence-electron chi connectivity index (χ4n) is 2.17. The molecule has 0 radical (unpaired) electrons. The number of halogens is 3. The maximum absolute atomic E-state index is 13.9. The third kappa shape index (κ3) is 4.42. The van der Waals surface area contributed by atoms with Crippen molar-refractivity contribution in [1.29, 1.82) is 5.26 Å². The molecule has 0 spiro atoms. The molecule has 0 heterocycles. The van der Waals surface area contributed by atoms with Gasteiger partial charge in [0, 0.05) is 31.3 Å². The second-order valence-corrected chi connectivity index (χ2v) is 8.16. The quantitative estimate of drug-likeness (QED) is 0.816. The monoisotopic (exact) mass is 413 g/mol. The molecule has 1 atom stereocenters. The largest absolute Gasteiger partial charge is 0.332 e. The molecular weight excluding hydrogens is 400 g/mol. The number of benzene rings is 2. The first kappa shape index (κ1) is 20.8. The summed E-state index contributed by atoms with van der Waals surface area (Å²) < 4.78 is 52.4. The predicted molar refractivity (Wildman–Crippen MR) is 94.5 cm³/mol. The molecule has 1 N–H and O–H groups in total. The number of hydrogen-bond acceptors (Lipinski definition) is 4. The lowest BCUT2D eigenvalue weighted by Crippen LogP contribution is -2.29. The van der Waals surface area contributed by atoms with E-state index < -0.39 is 33.6 Å². The van der Waals surface area contributed by atoms with Gasteiger partial charge in [0.05, 0.1) is 11.1 Å². The van der Waals surface area contributed by atoms with E-state index in [4.69, 9.17) is 11.6 Å². The Kier molecular flexibility index (Phi) is 6.15. The van der Waals surface area contributed by atoms with Gasteiger partial charge in [0.25, 0.3) is 5.91 Å². The zero-order valence-corrected chi connectivity index (χ0v) is 15.8. The summed E-state index contributed by atoms with van der Waals surface area (Å²) in [5.74, 6) is -2.64. The number of rotatable bonds is 5. The number of hydrogen-bond donors (Lipinski definition) is 1. The summed E-state index contributed by atoms with van der Waals surface area (Å²) in [6, 6.07) is 6.45. The van der Waals surface area contributed by atoms with Crippen LogP contribution >= 0.6 is 11.6 Å². The summed E-state index contributed by atoms with van der Waals surface area (Å²) in [5, 5.41) is 11.4. The molecule has 2 rings (SSSR count). The number of amides is 1. The molecule has 0 bridgehead atoms. The normalized spacial score (nSPS) is 12.5. The Morgan fingerprint density at radius 3 is 2.44 bits per heavy atom. The Labute approximate surface area is 160 Å². The molecule has 10 heteroatoms. The van der Waals surface area contributed by atoms with Gasteiger partial charge in [-0.2, -0.15) is 5.26 Å². The number of nitrogens with one attached hydrogen (secondary N) is 1. The van der Waals surface area contributed by atoms with E-state index >= 15 is 0 Å². The van der Waals surface area contributed by atoms with Crippen LogP contribution in [0.3, 0.4) is 0 Å². The van der Waals surface area contributed by atoms with Crippen molar-refractivity contribution in [3.63, 3.8) is 0 Å². The lowest BCUT2D eigenvalue weighted by Gasteiger charge is -2.15. The van der Waals surface area contributed by atoms with Gasteiger partial charge in [-0.05, 0) is 24.3 Å². The average molecular weight is 414 g/mol. The molecule has 0 fully saturated rings. The van der Waals surface area contributed by atoms with Gasteiger partial charge in [0.2, 0.25) is 10.0 Å². The van der Waals surface area contributed by atoms with Crippen LogP contribution in [-0.4, -0.2) is 32.7 Å². The molecular formula is C17H14ClF2N3O3S. The van der Waals surface area contributed by atoms with Crippen molar-refractivity contribution < 1.29 is 22.0 Å². The SMILES string of the molecule is CN(C)S(=O)(=O)c1cc(C(=O)NC(C#N)c2ccc(F)cc2F)ccc1Cl. The van der Waals surface area contributed by atoms with Gasteiger partial charge in [-0.15, -0.1) is 0 Å². The second kappa shape index (κ2) is 8.00. The summed E-state index contributed by atoms with van der Waals surface area (Å²) >= 11 is 5.92. The van der Waals surface area contributed by atoms with Gasteiger partial charge in [0.1, 0.15) is 22.6 Å². The maximum atomic E-state index is 13.9. The standard InChI is InChI=1S/C17H14ClF2N3O3S/c1-23(2)27(25,26)16-7-10(3-6-13(16)18)17(24)22-15(9-21)12-5-4-11(19)8-14(12)20/h3-8,15H,1-2H3,(H,22,24). The lowest BCUT2D eigenvalue weighted by molar-refractivity contribution is 0.0944. The summed E-state index contributed by atoms with van der Waals surface area (Å²) in [6.07, 6.45) is 0. The van der Waals surface area contributed by atoms with Crippen LogP contribution in [0.4, 0.5) is 8.78 Å². The number of carbonyl (C=O) groups is 1. The van der Waals surface area contributed by atoms with Crippen LogP contribution < -0.4 is 5.32 Å². The van der Waals surface area contributed by atoms with Gasteiger partial charge in [0.15, 0.2) is 0 Å². The first-order valence-corrected chi connectivity index (χ1v) is 9.27. The predicted octanol–water partition coefficient (Wildman–Crippen LogP) is 2.86. The molecule has 0 aliphatic heterocycles. The molecule has 142 valence electrons. The minimum Gasteiger partial charge on any atom is -0.332 e. The van der Waals surface area contributed by atoms with Gasteiger partial charge in [-0.25, -0.2) is 21.5 Å². The van der Waals surface area contributed by atoms with E-state index in [-0.39, 0.29) is 21.0 Å². The molecule has 0 aromatic heterocycles. The number of nitriles is 1. The molecule has 2 aromatic carbocycles. The van der Waals surface area contributed by atoms with E-state index in [1.54, 1.807) is 6.07 Å². The third-order valence-electron chi connectivity index (χ3n) is 3.63. The topological polar surface area (TPSA) is 90.3 Å². The highest BCUT2D eigenvalue weighted by atomic mass is 35.5. The first-order valence-electron chi connectivity index (χ1n) is 7.45. The van der Waals surface area contributed by atoms with Crippen molar-refractivity contribution in [2.75, 3.05) is 14.1 Å². The number of carbonyl (C=O) groups excluding carboxylic acids is 1. The fourth-order valence-corrected chi connectivity index (χ4v) is 3.56. The van der Waals surface area contributed by atoms with Crippen LogP contribution in [0.15, 0.2) is 41.3 Å². The molecule has 6 nitrogen and oxygen atoms in total. The third-order valence-corrected chi connectivity index (χ3v) is 5.93. The second-order valence-electron chi connectivity index (χ2n) is 5.63. The Bertz CT molecular complexity index is 1040. The minimum atomic E-state index is -3.91. The average Bonchev–Trinajstić information content (AvgIpc) is 2.60. The van der Waals surface area contributed by atoms with Crippen molar-refractivity contribution in [1.82, 2.24) is 9.62 Å².